The van der Waals surface area contributed by atoms with Crippen molar-refractivity contribution in [2.75, 3.05) is 0 Å². The summed E-state index contributed by atoms with van der Waals surface area (Å²) in [4.78, 5) is 0. The van der Waals surface area contributed by atoms with Crippen LogP contribution in [0.15, 0.2) is 42.5 Å². The molecule has 0 radical (unpaired) electrons. The fourth-order valence-electron chi connectivity index (χ4n) is 2.33. The van der Waals surface area contributed by atoms with Crippen molar-refractivity contribution in [3.8, 4) is 17.3 Å². The highest BCUT2D eigenvalue weighted by Gasteiger charge is 2.30. The fourth-order valence-corrected chi connectivity index (χ4v) is 2.33. The molecule has 0 aliphatic rings. The first-order valence-electron chi connectivity index (χ1n) is 7.34. The monoisotopic (exact) mass is 358 g/mol. The Morgan fingerprint density at radius 3 is 2.38 bits per heavy atom. The molecular weight excluding hydrogens is 348 g/mol. The van der Waals surface area contributed by atoms with Crippen molar-refractivity contribution in [1.29, 1.82) is 5.26 Å². The minimum absolute atomic E-state index is 0.0313. The molecule has 0 spiro atoms. The van der Waals surface area contributed by atoms with Gasteiger partial charge in [-0.1, -0.05) is 30.4 Å². The van der Waals surface area contributed by atoms with Crippen LogP contribution in [0.5, 0.6) is 0 Å². The molecule has 1 aromatic heterocycles. The molecule has 2 aromatic carbocycles. The second kappa shape index (κ2) is 6.80. The number of nitrogens with one attached hydrogen (secondary N) is 1. The lowest BCUT2D eigenvalue weighted by Crippen LogP contribution is -2.04. The lowest BCUT2D eigenvalue weighted by Gasteiger charge is -2.06. The van der Waals surface area contributed by atoms with Gasteiger partial charge in [-0.25, -0.2) is 4.39 Å². The van der Waals surface area contributed by atoms with Gasteiger partial charge in [0, 0.05) is 5.56 Å². The molecule has 130 valence electrons. The highest BCUT2D eigenvalue weighted by Crippen LogP contribution is 2.30. The van der Waals surface area contributed by atoms with Crippen LogP contribution in [0, 0.1) is 17.1 Å². The van der Waals surface area contributed by atoms with Gasteiger partial charge in [-0.15, -0.1) is 5.10 Å². The first-order chi connectivity index (χ1) is 12.4. The number of rotatable bonds is 3. The van der Waals surface area contributed by atoms with E-state index in [2.05, 4.69) is 15.4 Å². The van der Waals surface area contributed by atoms with Gasteiger partial charge in [-0.2, -0.15) is 28.7 Å². The van der Waals surface area contributed by atoms with Crippen LogP contribution in [0.25, 0.3) is 23.4 Å². The second-order valence-electron chi connectivity index (χ2n) is 5.33. The van der Waals surface area contributed by atoms with Crippen molar-refractivity contribution < 1.29 is 17.6 Å². The van der Waals surface area contributed by atoms with Crippen LogP contribution in [0.4, 0.5) is 17.6 Å². The molecule has 4 nitrogen and oxygen atoms in total. The summed E-state index contributed by atoms with van der Waals surface area (Å²) >= 11 is 0. The molecule has 1 N–H and O–H groups in total. The number of nitriles is 1. The minimum Gasteiger partial charge on any atom is -0.206 e. The zero-order valence-corrected chi connectivity index (χ0v) is 13.0. The maximum atomic E-state index is 14.3. The van der Waals surface area contributed by atoms with Crippen molar-refractivity contribution >= 4 is 12.2 Å². The maximum absolute atomic E-state index is 14.3. The predicted octanol–water partition coefficient (Wildman–Crippen LogP) is 4.67. The largest absolute Gasteiger partial charge is 0.416 e. The molecule has 0 saturated heterocycles. The Hall–Kier alpha value is -3.47. The first kappa shape index (κ1) is 17.4. The maximum Gasteiger partial charge on any atom is 0.416 e. The number of benzene rings is 2. The molecule has 0 atom stereocenters. The standard InChI is InChI=1S/C18H10F4N4/c19-15-9-12(6-7-14(15)17-16(10-23)24-26-25-17)5-4-11-2-1-3-13(8-11)18(20,21)22/h1-9H,(H,24,25,26). The zero-order valence-electron chi connectivity index (χ0n) is 13.0. The number of hydrogen-bond acceptors (Lipinski definition) is 3. The molecule has 0 saturated carbocycles. The average Bonchev–Trinajstić information content (AvgIpc) is 3.08. The van der Waals surface area contributed by atoms with Crippen molar-refractivity contribution in [1.82, 2.24) is 15.4 Å². The molecule has 0 amide bonds. The van der Waals surface area contributed by atoms with Gasteiger partial charge < -0.3 is 0 Å². The number of nitrogens with zero attached hydrogens (tertiary/aromatic N) is 3. The van der Waals surface area contributed by atoms with Gasteiger partial charge in [0.15, 0.2) is 5.69 Å². The predicted molar refractivity (Wildman–Crippen MR) is 86.9 cm³/mol. The van der Waals surface area contributed by atoms with E-state index >= 15 is 0 Å². The Morgan fingerprint density at radius 2 is 1.73 bits per heavy atom. The van der Waals surface area contributed by atoms with E-state index in [-0.39, 0.29) is 17.0 Å². The molecule has 0 bridgehead atoms. The van der Waals surface area contributed by atoms with Crippen LogP contribution in [-0.4, -0.2) is 15.4 Å². The Balaban J connectivity index is 1.87. The lowest BCUT2D eigenvalue weighted by atomic mass is 10.1. The van der Waals surface area contributed by atoms with Crippen molar-refractivity contribution in [3.05, 3.63) is 70.7 Å². The van der Waals surface area contributed by atoms with Crippen LogP contribution in [0.2, 0.25) is 0 Å². The van der Waals surface area contributed by atoms with E-state index in [1.807, 2.05) is 0 Å². The summed E-state index contributed by atoms with van der Waals surface area (Å²) in [5, 5.41) is 18.5. The van der Waals surface area contributed by atoms with Gasteiger partial charge in [0.2, 0.25) is 0 Å². The Morgan fingerprint density at radius 1 is 1.00 bits per heavy atom. The highest BCUT2D eigenvalue weighted by atomic mass is 19.4. The van der Waals surface area contributed by atoms with E-state index in [9.17, 15) is 17.6 Å². The van der Waals surface area contributed by atoms with E-state index in [1.165, 1.54) is 36.4 Å². The summed E-state index contributed by atoms with van der Waals surface area (Å²) in [5.74, 6) is -0.624. The van der Waals surface area contributed by atoms with Crippen LogP contribution in [-0.2, 0) is 6.18 Å². The lowest BCUT2D eigenvalue weighted by molar-refractivity contribution is -0.137. The summed E-state index contributed by atoms with van der Waals surface area (Å²) in [7, 11) is 0. The minimum atomic E-state index is -4.42. The van der Waals surface area contributed by atoms with Crippen molar-refractivity contribution in [3.63, 3.8) is 0 Å². The third kappa shape index (κ3) is 3.62. The van der Waals surface area contributed by atoms with Gasteiger partial charge in [-0.3, -0.25) is 0 Å². The Bertz CT molecular complexity index is 1010. The molecule has 0 unspecified atom stereocenters. The molecular formula is C18H10F4N4. The summed E-state index contributed by atoms with van der Waals surface area (Å²) in [6.07, 6.45) is -1.47. The van der Waals surface area contributed by atoms with Crippen molar-refractivity contribution in [2.24, 2.45) is 0 Å². The van der Waals surface area contributed by atoms with Gasteiger partial charge in [0.1, 0.15) is 17.6 Å². The summed E-state index contributed by atoms with van der Waals surface area (Å²) in [6.45, 7) is 0. The van der Waals surface area contributed by atoms with Crippen molar-refractivity contribution in [2.45, 2.75) is 6.18 Å². The van der Waals surface area contributed by atoms with E-state index < -0.39 is 17.6 Å². The van der Waals surface area contributed by atoms with Crippen LogP contribution in [0.1, 0.15) is 22.4 Å². The van der Waals surface area contributed by atoms with Gasteiger partial charge in [-0.05, 0) is 35.4 Å². The highest BCUT2D eigenvalue weighted by molar-refractivity contribution is 5.72. The smallest absolute Gasteiger partial charge is 0.206 e. The SMILES string of the molecule is N#Cc1n[nH]nc1-c1ccc(C=Cc2cccc(C(F)(F)F)c2)cc1F. The number of hydrogen-bond donors (Lipinski definition) is 1. The normalized spacial score (nSPS) is 11.7. The number of H-pyrrole nitrogens is 1. The van der Waals surface area contributed by atoms with E-state index in [4.69, 9.17) is 5.26 Å². The van der Waals surface area contributed by atoms with Gasteiger partial charge in [0.05, 0.1) is 5.56 Å². The zero-order chi connectivity index (χ0) is 18.7. The quantitative estimate of drug-likeness (QED) is 0.546. The first-order valence-corrected chi connectivity index (χ1v) is 7.34. The van der Waals surface area contributed by atoms with Crippen LogP contribution < -0.4 is 0 Å². The van der Waals surface area contributed by atoms with Crippen LogP contribution >= 0.6 is 0 Å². The third-order valence-electron chi connectivity index (χ3n) is 3.58. The van der Waals surface area contributed by atoms with Crippen LogP contribution in [0.3, 0.4) is 0 Å². The molecule has 0 fully saturated rings. The van der Waals surface area contributed by atoms with E-state index in [0.29, 0.717) is 11.1 Å². The molecule has 3 rings (SSSR count). The molecule has 26 heavy (non-hydrogen) atoms. The molecule has 0 aliphatic carbocycles. The number of halogens is 4. The van der Waals surface area contributed by atoms with Gasteiger partial charge in [0.25, 0.3) is 0 Å². The fraction of sp³-hybridized carbons (Fsp3) is 0.0556. The third-order valence-corrected chi connectivity index (χ3v) is 3.58. The summed E-state index contributed by atoms with van der Waals surface area (Å²) in [5.41, 5.74) is 0.204. The topological polar surface area (TPSA) is 65.4 Å². The number of alkyl halides is 3. The molecule has 3 aromatic rings. The summed E-state index contributed by atoms with van der Waals surface area (Å²) < 4.78 is 52.4. The molecule has 8 heteroatoms. The Kier molecular flexibility index (Phi) is 4.54. The van der Waals surface area contributed by atoms with Gasteiger partial charge >= 0.3 is 6.18 Å². The number of aromatic amines is 1. The summed E-state index contributed by atoms with van der Waals surface area (Å²) in [6, 6.07) is 10.8. The number of aromatic nitrogens is 3. The Labute approximate surface area is 145 Å². The molecule has 1 heterocycles. The average molecular weight is 358 g/mol. The van der Waals surface area contributed by atoms with E-state index in [1.54, 1.807) is 12.1 Å². The van der Waals surface area contributed by atoms with E-state index in [0.717, 1.165) is 12.1 Å². The second-order valence-corrected chi connectivity index (χ2v) is 5.33. The molecule has 0 aliphatic heterocycles.